The Bertz CT molecular complexity index is 585. The highest BCUT2D eigenvalue weighted by Crippen LogP contribution is 2.32. The third-order valence-corrected chi connectivity index (χ3v) is 4.03. The van der Waals surface area contributed by atoms with Crippen LogP contribution in [0.4, 0.5) is 9.52 Å². The summed E-state index contributed by atoms with van der Waals surface area (Å²) in [6.07, 6.45) is 2.58. The van der Waals surface area contributed by atoms with Crippen molar-refractivity contribution in [3.63, 3.8) is 0 Å². The first-order valence-electron chi connectivity index (χ1n) is 7.28. The van der Waals surface area contributed by atoms with Gasteiger partial charge in [-0.3, -0.25) is 0 Å². The van der Waals surface area contributed by atoms with E-state index in [0.29, 0.717) is 28.6 Å². The van der Waals surface area contributed by atoms with Crippen LogP contribution in [-0.2, 0) is 4.74 Å². The van der Waals surface area contributed by atoms with Crippen LogP contribution in [0.25, 0.3) is 11.3 Å². The average molecular weight is 308 g/mol. The molecule has 1 aromatic heterocycles. The molecule has 0 saturated carbocycles. The number of rotatable bonds is 7. The Morgan fingerprint density at radius 3 is 2.81 bits per heavy atom. The van der Waals surface area contributed by atoms with E-state index in [9.17, 15) is 4.39 Å². The first-order chi connectivity index (χ1) is 10.2. The van der Waals surface area contributed by atoms with Gasteiger partial charge in [0.2, 0.25) is 0 Å². The fourth-order valence-corrected chi connectivity index (χ4v) is 2.77. The van der Waals surface area contributed by atoms with Gasteiger partial charge >= 0.3 is 0 Å². The minimum absolute atomic E-state index is 0.215. The second-order valence-corrected chi connectivity index (χ2v) is 5.79. The van der Waals surface area contributed by atoms with Gasteiger partial charge in [-0.15, -0.1) is 11.3 Å². The van der Waals surface area contributed by atoms with Crippen LogP contribution in [0.1, 0.15) is 44.8 Å². The zero-order valence-electron chi connectivity index (χ0n) is 12.4. The number of aromatic nitrogens is 1. The standard InChI is InChI=1S/C16H21FN2OS/c1-3-5-9-20-14(4-2)12-8-6-7-11(15(12)17)13-10-21-16(18)19-13/h6-8,10,14H,3-5,9H2,1-2H3,(H2,18,19). The quantitative estimate of drug-likeness (QED) is 0.747. The Kier molecular flexibility index (Phi) is 5.70. The van der Waals surface area contributed by atoms with Crippen LogP contribution in [0, 0.1) is 5.82 Å². The molecular formula is C16H21FN2OS. The average Bonchev–Trinajstić information content (AvgIpc) is 2.91. The highest BCUT2D eigenvalue weighted by atomic mass is 32.1. The van der Waals surface area contributed by atoms with Crippen molar-refractivity contribution in [2.45, 2.75) is 39.2 Å². The molecule has 1 aromatic carbocycles. The van der Waals surface area contributed by atoms with Crippen molar-refractivity contribution in [1.82, 2.24) is 4.98 Å². The number of ether oxygens (including phenoxy) is 1. The van der Waals surface area contributed by atoms with E-state index in [0.717, 1.165) is 19.3 Å². The number of nitrogens with two attached hydrogens (primary N) is 1. The molecule has 0 fully saturated rings. The number of nitrogen functional groups attached to an aromatic ring is 1. The van der Waals surface area contributed by atoms with Crippen LogP contribution >= 0.6 is 11.3 Å². The van der Waals surface area contributed by atoms with Crippen LogP contribution in [0.15, 0.2) is 23.6 Å². The number of unbranched alkanes of at least 4 members (excludes halogenated alkanes) is 1. The third kappa shape index (κ3) is 3.80. The maximum absolute atomic E-state index is 14.8. The Balaban J connectivity index is 2.27. The van der Waals surface area contributed by atoms with E-state index in [-0.39, 0.29) is 11.9 Å². The number of benzene rings is 1. The maximum Gasteiger partial charge on any atom is 0.180 e. The SMILES string of the molecule is CCCCOC(CC)c1cccc(-c2csc(N)n2)c1F. The van der Waals surface area contributed by atoms with Crippen molar-refractivity contribution < 1.29 is 9.13 Å². The molecule has 0 aliphatic heterocycles. The lowest BCUT2D eigenvalue weighted by molar-refractivity contribution is 0.0458. The van der Waals surface area contributed by atoms with Gasteiger partial charge in [0, 0.05) is 23.1 Å². The molecule has 0 spiro atoms. The van der Waals surface area contributed by atoms with E-state index in [4.69, 9.17) is 10.5 Å². The summed E-state index contributed by atoms with van der Waals surface area (Å²) in [7, 11) is 0. The first-order valence-corrected chi connectivity index (χ1v) is 8.16. The van der Waals surface area contributed by atoms with Crippen molar-refractivity contribution in [2.75, 3.05) is 12.3 Å². The summed E-state index contributed by atoms with van der Waals surface area (Å²) in [5, 5.41) is 2.22. The zero-order valence-corrected chi connectivity index (χ0v) is 13.3. The Morgan fingerprint density at radius 2 is 2.19 bits per heavy atom. The van der Waals surface area contributed by atoms with Gasteiger partial charge in [0.1, 0.15) is 5.82 Å². The van der Waals surface area contributed by atoms with Crippen LogP contribution in [0.2, 0.25) is 0 Å². The fraction of sp³-hybridized carbons (Fsp3) is 0.438. The fourth-order valence-electron chi connectivity index (χ4n) is 2.21. The predicted octanol–water partition coefficient (Wildman–Crippen LogP) is 4.80. The van der Waals surface area contributed by atoms with E-state index in [1.54, 1.807) is 17.5 Å². The summed E-state index contributed by atoms with van der Waals surface area (Å²) in [4.78, 5) is 4.16. The van der Waals surface area contributed by atoms with E-state index in [1.807, 2.05) is 13.0 Å². The highest BCUT2D eigenvalue weighted by Gasteiger charge is 2.18. The van der Waals surface area contributed by atoms with E-state index in [1.165, 1.54) is 11.3 Å². The minimum Gasteiger partial charge on any atom is -0.375 e. The molecule has 1 atom stereocenters. The van der Waals surface area contributed by atoms with Crippen LogP contribution in [-0.4, -0.2) is 11.6 Å². The summed E-state index contributed by atoms with van der Waals surface area (Å²) in [5.41, 5.74) is 7.29. The molecule has 2 rings (SSSR count). The largest absolute Gasteiger partial charge is 0.375 e. The molecule has 0 amide bonds. The van der Waals surface area contributed by atoms with Crippen LogP contribution in [0.5, 0.6) is 0 Å². The summed E-state index contributed by atoms with van der Waals surface area (Å²) >= 11 is 1.31. The molecule has 21 heavy (non-hydrogen) atoms. The van der Waals surface area contributed by atoms with Crippen molar-refractivity contribution in [3.8, 4) is 11.3 Å². The Morgan fingerprint density at radius 1 is 1.38 bits per heavy atom. The lowest BCUT2D eigenvalue weighted by atomic mass is 10.0. The lowest BCUT2D eigenvalue weighted by Crippen LogP contribution is -2.07. The Hall–Kier alpha value is -1.46. The summed E-state index contributed by atoms with van der Waals surface area (Å²) in [5.74, 6) is -0.258. The molecule has 0 bridgehead atoms. The normalized spacial score (nSPS) is 12.5. The summed E-state index contributed by atoms with van der Waals surface area (Å²) < 4.78 is 20.6. The van der Waals surface area contributed by atoms with Gasteiger partial charge in [-0.25, -0.2) is 9.37 Å². The van der Waals surface area contributed by atoms with E-state index < -0.39 is 0 Å². The molecular weight excluding hydrogens is 287 g/mol. The molecule has 0 radical (unpaired) electrons. The second-order valence-electron chi connectivity index (χ2n) is 4.90. The van der Waals surface area contributed by atoms with Crippen molar-refractivity contribution in [1.29, 1.82) is 0 Å². The van der Waals surface area contributed by atoms with Crippen LogP contribution < -0.4 is 5.73 Å². The monoisotopic (exact) mass is 308 g/mol. The Labute approximate surface area is 129 Å². The number of hydrogen-bond donors (Lipinski definition) is 1. The number of hydrogen-bond acceptors (Lipinski definition) is 4. The molecule has 0 saturated heterocycles. The van der Waals surface area contributed by atoms with E-state index in [2.05, 4.69) is 11.9 Å². The second kappa shape index (κ2) is 7.52. The molecule has 1 unspecified atom stereocenters. The van der Waals surface area contributed by atoms with Gasteiger partial charge in [-0.05, 0) is 18.9 Å². The van der Waals surface area contributed by atoms with Gasteiger partial charge in [0.15, 0.2) is 5.13 Å². The molecule has 2 N–H and O–H groups in total. The topological polar surface area (TPSA) is 48.1 Å². The predicted molar refractivity (Wildman–Crippen MR) is 85.8 cm³/mol. The van der Waals surface area contributed by atoms with Crippen LogP contribution in [0.3, 0.4) is 0 Å². The van der Waals surface area contributed by atoms with E-state index >= 15 is 0 Å². The maximum atomic E-state index is 14.8. The molecule has 2 aromatic rings. The van der Waals surface area contributed by atoms with Gasteiger partial charge in [-0.2, -0.15) is 0 Å². The highest BCUT2D eigenvalue weighted by molar-refractivity contribution is 7.13. The number of halogens is 1. The molecule has 0 aliphatic rings. The number of anilines is 1. The lowest BCUT2D eigenvalue weighted by Gasteiger charge is -2.18. The number of thiazole rings is 1. The smallest absolute Gasteiger partial charge is 0.180 e. The van der Waals surface area contributed by atoms with Crippen molar-refractivity contribution in [3.05, 3.63) is 35.0 Å². The summed E-state index contributed by atoms with van der Waals surface area (Å²) in [6.45, 7) is 4.77. The van der Waals surface area contributed by atoms with Crippen molar-refractivity contribution in [2.24, 2.45) is 0 Å². The van der Waals surface area contributed by atoms with Gasteiger partial charge in [0.25, 0.3) is 0 Å². The number of nitrogens with zero attached hydrogens (tertiary/aromatic N) is 1. The molecule has 0 aliphatic carbocycles. The van der Waals surface area contributed by atoms with Crippen molar-refractivity contribution >= 4 is 16.5 Å². The summed E-state index contributed by atoms with van der Waals surface area (Å²) in [6, 6.07) is 5.36. The first kappa shape index (κ1) is 15.9. The molecule has 1 heterocycles. The van der Waals surface area contributed by atoms with Gasteiger partial charge in [0.05, 0.1) is 11.8 Å². The molecule has 3 nitrogen and oxygen atoms in total. The molecule has 5 heteroatoms. The minimum atomic E-state index is -0.258. The van der Waals surface area contributed by atoms with Gasteiger partial charge < -0.3 is 10.5 Å². The third-order valence-electron chi connectivity index (χ3n) is 3.36. The zero-order chi connectivity index (χ0) is 15.2. The van der Waals surface area contributed by atoms with Gasteiger partial charge in [-0.1, -0.05) is 32.4 Å². The molecule has 114 valence electrons.